The summed E-state index contributed by atoms with van der Waals surface area (Å²) in [6.07, 6.45) is 3.79. The van der Waals surface area contributed by atoms with Crippen molar-refractivity contribution < 1.29 is 9.47 Å². The number of ether oxygens (including phenoxy) is 2. The van der Waals surface area contributed by atoms with Gasteiger partial charge in [-0.15, -0.1) is 0 Å². The molecule has 1 saturated heterocycles. The standard InChI is InChI=1S/C17H28N2O2/c1-4-9-18-12-15-6-5-10-19(15)13-14-7-8-16(20-2)17(11-14)21-3/h7-8,11,15,18H,4-6,9-10,12-13H2,1-3H3. The summed E-state index contributed by atoms with van der Waals surface area (Å²) < 4.78 is 10.7. The Kier molecular flexibility index (Phi) is 6.33. The van der Waals surface area contributed by atoms with Crippen LogP contribution < -0.4 is 14.8 Å². The Balaban J connectivity index is 1.96. The molecule has 1 heterocycles. The van der Waals surface area contributed by atoms with E-state index in [0.29, 0.717) is 6.04 Å². The fourth-order valence-corrected chi connectivity index (χ4v) is 2.99. The van der Waals surface area contributed by atoms with Crippen molar-refractivity contribution in [3.8, 4) is 11.5 Å². The van der Waals surface area contributed by atoms with Crippen molar-refractivity contribution >= 4 is 0 Å². The maximum absolute atomic E-state index is 5.39. The Morgan fingerprint density at radius 2 is 2.05 bits per heavy atom. The van der Waals surface area contributed by atoms with Crippen LogP contribution in [0.15, 0.2) is 18.2 Å². The van der Waals surface area contributed by atoms with Gasteiger partial charge in [-0.2, -0.15) is 0 Å². The summed E-state index contributed by atoms with van der Waals surface area (Å²) >= 11 is 0. The summed E-state index contributed by atoms with van der Waals surface area (Å²) in [4.78, 5) is 2.57. The van der Waals surface area contributed by atoms with Gasteiger partial charge in [0.05, 0.1) is 14.2 Å². The number of benzene rings is 1. The molecule has 2 rings (SSSR count). The van der Waals surface area contributed by atoms with Crippen molar-refractivity contribution in [2.24, 2.45) is 0 Å². The van der Waals surface area contributed by atoms with Crippen molar-refractivity contribution in [2.75, 3.05) is 33.9 Å². The maximum Gasteiger partial charge on any atom is 0.161 e. The number of nitrogens with one attached hydrogen (secondary N) is 1. The van der Waals surface area contributed by atoms with Crippen LogP contribution in [0.1, 0.15) is 31.7 Å². The first-order valence-electron chi connectivity index (χ1n) is 7.94. The van der Waals surface area contributed by atoms with E-state index in [1.807, 2.05) is 6.07 Å². The molecule has 118 valence electrons. The molecule has 0 saturated carbocycles. The molecule has 1 aliphatic heterocycles. The Morgan fingerprint density at radius 3 is 2.76 bits per heavy atom. The zero-order valence-electron chi connectivity index (χ0n) is 13.5. The molecule has 1 aromatic carbocycles. The average Bonchev–Trinajstić information content (AvgIpc) is 2.94. The van der Waals surface area contributed by atoms with E-state index >= 15 is 0 Å². The minimum absolute atomic E-state index is 0.657. The van der Waals surface area contributed by atoms with E-state index in [4.69, 9.17) is 9.47 Å². The zero-order valence-corrected chi connectivity index (χ0v) is 13.5. The highest BCUT2D eigenvalue weighted by Crippen LogP contribution is 2.29. The summed E-state index contributed by atoms with van der Waals surface area (Å²) in [6.45, 7) is 6.59. The molecule has 1 fully saturated rings. The molecule has 1 aromatic rings. The van der Waals surface area contributed by atoms with Crippen molar-refractivity contribution in [2.45, 2.75) is 38.8 Å². The van der Waals surface area contributed by atoms with Gasteiger partial charge in [-0.25, -0.2) is 0 Å². The van der Waals surface area contributed by atoms with E-state index in [1.54, 1.807) is 14.2 Å². The van der Waals surface area contributed by atoms with Gasteiger partial charge in [0.15, 0.2) is 11.5 Å². The van der Waals surface area contributed by atoms with E-state index in [1.165, 1.54) is 31.4 Å². The predicted molar refractivity (Wildman–Crippen MR) is 86.1 cm³/mol. The fourth-order valence-electron chi connectivity index (χ4n) is 2.99. The van der Waals surface area contributed by atoms with Crippen molar-refractivity contribution in [3.05, 3.63) is 23.8 Å². The largest absolute Gasteiger partial charge is 0.493 e. The molecule has 0 bridgehead atoms. The number of nitrogens with zero attached hydrogens (tertiary/aromatic N) is 1. The zero-order chi connectivity index (χ0) is 15.1. The third-order valence-electron chi connectivity index (χ3n) is 4.14. The molecule has 0 spiro atoms. The lowest BCUT2D eigenvalue weighted by Gasteiger charge is -2.25. The Morgan fingerprint density at radius 1 is 1.24 bits per heavy atom. The van der Waals surface area contributed by atoms with Crippen LogP contribution in [0.25, 0.3) is 0 Å². The van der Waals surface area contributed by atoms with E-state index < -0.39 is 0 Å². The maximum atomic E-state index is 5.39. The number of hydrogen-bond donors (Lipinski definition) is 1. The van der Waals surface area contributed by atoms with Crippen LogP contribution in [0.4, 0.5) is 0 Å². The Bertz CT molecular complexity index is 437. The van der Waals surface area contributed by atoms with Gasteiger partial charge in [0, 0.05) is 19.1 Å². The lowest BCUT2D eigenvalue weighted by Crippen LogP contribution is -2.37. The van der Waals surface area contributed by atoms with Gasteiger partial charge in [0.1, 0.15) is 0 Å². The molecule has 21 heavy (non-hydrogen) atoms. The van der Waals surface area contributed by atoms with Gasteiger partial charge in [-0.05, 0) is 50.0 Å². The number of likely N-dealkylation sites (tertiary alicyclic amines) is 1. The molecular weight excluding hydrogens is 264 g/mol. The van der Waals surface area contributed by atoms with Crippen molar-refractivity contribution in [1.29, 1.82) is 0 Å². The molecule has 4 nitrogen and oxygen atoms in total. The third-order valence-corrected chi connectivity index (χ3v) is 4.14. The molecule has 4 heteroatoms. The summed E-state index contributed by atoms with van der Waals surface area (Å²) in [5.74, 6) is 1.61. The molecule has 1 aliphatic rings. The SMILES string of the molecule is CCCNCC1CCCN1Cc1ccc(OC)c(OC)c1. The number of hydrogen-bond acceptors (Lipinski definition) is 4. The topological polar surface area (TPSA) is 33.7 Å². The van der Waals surface area contributed by atoms with E-state index in [-0.39, 0.29) is 0 Å². The summed E-state index contributed by atoms with van der Waals surface area (Å²) in [5, 5.41) is 3.55. The van der Waals surface area contributed by atoms with E-state index in [2.05, 4.69) is 29.3 Å². The van der Waals surface area contributed by atoms with Crippen LogP contribution in [-0.4, -0.2) is 44.8 Å². The van der Waals surface area contributed by atoms with Crippen molar-refractivity contribution in [3.63, 3.8) is 0 Å². The van der Waals surface area contributed by atoms with Crippen LogP contribution >= 0.6 is 0 Å². The number of methoxy groups -OCH3 is 2. The summed E-state index contributed by atoms with van der Waals surface area (Å²) in [7, 11) is 3.36. The van der Waals surface area contributed by atoms with E-state index in [9.17, 15) is 0 Å². The fraction of sp³-hybridized carbons (Fsp3) is 0.647. The third kappa shape index (κ3) is 4.35. The van der Waals surface area contributed by atoms with Gasteiger partial charge < -0.3 is 14.8 Å². The first-order chi connectivity index (χ1) is 10.3. The van der Waals surface area contributed by atoms with Gasteiger partial charge in [-0.1, -0.05) is 13.0 Å². The molecule has 0 radical (unpaired) electrons. The normalized spacial score (nSPS) is 18.9. The monoisotopic (exact) mass is 292 g/mol. The second kappa shape index (κ2) is 8.25. The van der Waals surface area contributed by atoms with Crippen LogP contribution in [0.5, 0.6) is 11.5 Å². The minimum atomic E-state index is 0.657. The highest BCUT2D eigenvalue weighted by molar-refractivity contribution is 5.42. The Hall–Kier alpha value is -1.26. The van der Waals surface area contributed by atoms with Crippen LogP contribution in [0.2, 0.25) is 0 Å². The molecule has 1 atom stereocenters. The first-order valence-corrected chi connectivity index (χ1v) is 7.94. The summed E-state index contributed by atoms with van der Waals surface area (Å²) in [5.41, 5.74) is 1.29. The second-order valence-electron chi connectivity index (χ2n) is 5.66. The lowest BCUT2D eigenvalue weighted by atomic mass is 10.1. The Labute approximate surface area is 128 Å². The van der Waals surface area contributed by atoms with Crippen molar-refractivity contribution in [1.82, 2.24) is 10.2 Å². The van der Waals surface area contributed by atoms with Crippen LogP contribution in [0.3, 0.4) is 0 Å². The van der Waals surface area contributed by atoms with Gasteiger partial charge in [0.2, 0.25) is 0 Å². The van der Waals surface area contributed by atoms with Crippen LogP contribution in [0, 0.1) is 0 Å². The first kappa shape index (κ1) is 16.1. The molecular formula is C17H28N2O2. The van der Waals surface area contributed by atoms with E-state index in [0.717, 1.165) is 31.1 Å². The highest BCUT2D eigenvalue weighted by atomic mass is 16.5. The minimum Gasteiger partial charge on any atom is -0.493 e. The molecule has 0 amide bonds. The molecule has 0 aliphatic carbocycles. The van der Waals surface area contributed by atoms with Crippen LogP contribution in [-0.2, 0) is 6.54 Å². The summed E-state index contributed by atoms with van der Waals surface area (Å²) in [6, 6.07) is 6.88. The average molecular weight is 292 g/mol. The second-order valence-corrected chi connectivity index (χ2v) is 5.66. The predicted octanol–water partition coefficient (Wildman–Crippen LogP) is 2.67. The van der Waals surface area contributed by atoms with Gasteiger partial charge >= 0.3 is 0 Å². The molecule has 1 N–H and O–H groups in total. The smallest absolute Gasteiger partial charge is 0.161 e. The molecule has 0 aromatic heterocycles. The number of rotatable bonds is 8. The lowest BCUT2D eigenvalue weighted by molar-refractivity contribution is 0.239. The molecule has 1 unspecified atom stereocenters. The highest BCUT2D eigenvalue weighted by Gasteiger charge is 2.24. The van der Waals surface area contributed by atoms with Gasteiger partial charge in [0.25, 0.3) is 0 Å². The van der Waals surface area contributed by atoms with Gasteiger partial charge in [-0.3, -0.25) is 4.90 Å². The quantitative estimate of drug-likeness (QED) is 0.747.